The maximum absolute atomic E-state index is 10.3. The van der Waals surface area contributed by atoms with Gasteiger partial charge in [-0.15, -0.1) is 0 Å². The predicted octanol–water partition coefficient (Wildman–Crippen LogP) is -0.317. The molecule has 0 amide bonds. The van der Waals surface area contributed by atoms with Gasteiger partial charge < -0.3 is 9.84 Å². The number of ether oxygens (including phenoxy) is 1. The van der Waals surface area contributed by atoms with Gasteiger partial charge in [0.05, 0.1) is 0 Å². The minimum Gasteiger partial charge on any atom is -0.461 e. The first-order valence-electron chi connectivity index (χ1n) is 2.58. The Bertz CT molecular complexity index is 110. The van der Waals surface area contributed by atoms with Gasteiger partial charge in [0.2, 0.25) is 0 Å². The Morgan fingerprint density at radius 2 is 2.50 bits per heavy atom. The second kappa shape index (κ2) is 1.74. The van der Waals surface area contributed by atoms with Crippen molar-refractivity contribution in [3.8, 4) is 0 Å². The van der Waals surface area contributed by atoms with Gasteiger partial charge in [0.1, 0.15) is 6.10 Å². The second-order valence-electron chi connectivity index (χ2n) is 2.00. The summed E-state index contributed by atoms with van der Waals surface area (Å²) in [5.41, 5.74) is 0. The van der Waals surface area contributed by atoms with Crippen LogP contribution in [0.1, 0.15) is 13.3 Å². The molecule has 0 aromatic heterocycles. The molecule has 3 nitrogen and oxygen atoms in total. The van der Waals surface area contributed by atoms with E-state index in [1.807, 2.05) is 0 Å². The van der Waals surface area contributed by atoms with E-state index in [1.54, 1.807) is 6.92 Å². The summed E-state index contributed by atoms with van der Waals surface area (Å²) in [7, 11) is 0. The zero-order valence-electron chi connectivity index (χ0n) is 4.63. The van der Waals surface area contributed by atoms with Crippen molar-refractivity contribution >= 4 is 5.97 Å². The number of hydrogen-bond donors (Lipinski definition) is 1. The summed E-state index contributed by atoms with van der Waals surface area (Å²) in [5.74, 6) is -0.488. The van der Waals surface area contributed by atoms with Gasteiger partial charge >= 0.3 is 5.97 Å². The van der Waals surface area contributed by atoms with Crippen LogP contribution in [-0.4, -0.2) is 23.3 Å². The van der Waals surface area contributed by atoms with Gasteiger partial charge in [-0.25, -0.2) is 4.79 Å². The van der Waals surface area contributed by atoms with Crippen LogP contribution in [0.2, 0.25) is 0 Å². The molecule has 0 radical (unpaired) electrons. The summed E-state index contributed by atoms with van der Waals surface area (Å²) in [6.45, 7) is 1.76. The molecular weight excluding hydrogens is 108 g/mol. The summed E-state index contributed by atoms with van der Waals surface area (Å²) in [6, 6.07) is 0. The molecule has 8 heavy (non-hydrogen) atoms. The highest BCUT2D eigenvalue weighted by Crippen LogP contribution is 2.12. The van der Waals surface area contributed by atoms with E-state index in [1.165, 1.54) is 0 Å². The Labute approximate surface area is 47.3 Å². The molecule has 2 atom stereocenters. The first-order chi connectivity index (χ1) is 3.70. The van der Waals surface area contributed by atoms with E-state index in [9.17, 15) is 4.79 Å². The number of aliphatic hydroxyl groups is 1. The third kappa shape index (κ3) is 0.816. The molecule has 1 heterocycles. The second-order valence-corrected chi connectivity index (χ2v) is 2.00. The third-order valence-electron chi connectivity index (χ3n) is 1.14. The van der Waals surface area contributed by atoms with Crippen molar-refractivity contribution in [1.82, 2.24) is 0 Å². The van der Waals surface area contributed by atoms with Crippen LogP contribution in [0.15, 0.2) is 0 Å². The van der Waals surface area contributed by atoms with Crippen LogP contribution in [0.5, 0.6) is 0 Å². The quantitative estimate of drug-likeness (QED) is 0.441. The monoisotopic (exact) mass is 116 g/mol. The van der Waals surface area contributed by atoms with E-state index in [0.717, 1.165) is 0 Å². The van der Waals surface area contributed by atoms with E-state index >= 15 is 0 Å². The summed E-state index contributed by atoms with van der Waals surface area (Å²) in [5, 5.41) is 8.69. The lowest BCUT2D eigenvalue weighted by atomic mass is 10.2. The van der Waals surface area contributed by atoms with Gasteiger partial charge in [0, 0.05) is 6.42 Å². The van der Waals surface area contributed by atoms with Gasteiger partial charge in [0.25, 0.3) is 0 Å². The highest BCUT2D eigenvalue weighted by Gasteiger charge is 2.29. The minimum absolute atomic E-state index is 0.0995. The molecule has 46 valence electrons. The zero-order chi connectivity index (χ0) is 6.15. The molecule has 1 aliphatic rings. The molecule has 0 spiro atoms. The minimum atomic E-state index is -0.870. The maximum atomic E-state index is 10.3. The van der Waals surface area contributed by atoms with Crippen molar-refractivity contribution in [1.29, 1.82) is 0 Å². The van der Waals surface area contributed by atoms with Crippen LogP contribution >= 0.6 is 0 Å². The maximum Gasteiger partial charge on any atom is 0.335 e. The largest absolute Gasteiger partial charge is 0.461 e. The third-order valence-corrected chi connectivity index (χ3v) is 1.14. The Morgan fingerprint density at radius 3 is 2.62 bits per heavy atom. The van der Waals surface area contributed by atoms with Crippen molar-refractivity contribution in [2.75, 3.05) is 0 Å². The van der Waals surface area contributed by atoms with Crippen molar-refractivity contribution in [3.63, 3.8) is 0 Å². The Morgan fingerprint density at radius 1 is 1.88 bits per heavy atom. The van der Waals surface area contributed by atoms with Crippen molar-refractivity contribution in [2.45, 2.75) is 25.6 Å². The SMILES string of the molecule is C[C@@H]1C[C@@H](O)C(=O)O1. The fourth-order valence-electron chi connectivity index (χ4n) is 0.736. The molecule has 1 N–H and O–H groups in total. The molecule has 1 fully saturated rings. The Kier molecular flexibility index (Phi) is 1.21. The lowest BCUT2D eigenvalue weighted by molar-refractivity contribution is -0.146. The van der Waals surface area contributed by atoms with Crippen molar-refractivity contribution in [3.05, 3.63) is 0 Å². The van der Waals surface area contributed by atoms with Crippen molar-refractivity contribution < 1.29 is 14.6 Å². The number of carbonyl (C=O) groups is 1. The molecule has 0 unspecified atom stereocenters. The standard InChI is InChI=1S/C5H8O3/c1-3-2-4(6)5(7)8-3/h3-4,6H,2H2,1H3/t3-,4-/m1/s1. The first-order valence-corrected chi connectivity index (χ1v) is 2.58. The van der Waals surface area contributed by atoms with Gasteiger partial charge in [-0.1, -0.05) is 0 Å². The first kappa shape index (κ1) is 5.56. The van der Waals surface area contributed by atoms with E-state index < -0.39 is 12.1 Å². The number of esters is 1. The molecule has 0 aromatic rings. The number of carbonyl (C=O) groups excluding carboxylic acids is 1. The van der Waals surface area contributed by atoms with Gasteiger partial charge in [0.15, 0.2) is 6.10 Å². The summed E-state index contributed by atoms with van der Waals surface area (Å²) < 4.78 is 4.58. The van der Waals surface area contributed by atoms with Crippen LogP contribution in [-0.2, 0) is 9.53 Å². The van der Waals surface area contributed by atoms with E-state index in [2.05, 4.69) is 4.74 Å². The summed E-state index contributed by atoms with van der Waals surface area (Å²) in [6.07, 6.45) is -0.527. The number of aliphatic hydroxyl groups excluding tert-OH is 1. The predicted molar refractivity (Wildman–Crippen MR) is 26.2 cm³/mol. The van der Waals surface area contributed by atoms with Crippen LogP contribution in [0.4, 0.5) is 0 Å². The van der Waals surface area contributed by atoms with Crippen LogP contribution in [0, 0.1) is 0 Å². The molecular formula is C5H8O3. The molecule has 3 heteroatoms. The number of rotatable bonds is 0. The van der Waals surface area contributed by atoms with E-state index in [0.29, 0.717) is 6.42 Å². The van der Waals surface area contributed by atoms with Gasteiger partial charge in [-0.3, -0.25) is 0 Å². The van der Waals surface area contributed by atoms with Gasteiger partial charge in [-0.05, 0) is 6.92 Å². The Balaban J connectivity index is 2.51. The number of cyclic esters (lactones) is 1. The molecule has 1 aliphatic heterocycles. The summed E-state index contributed by atoms with van der Waals surface area (Å²) >= 11 is 0. The molecule has 0 aliphatic carbocycles. The topological polar surface area (TPSA) is 46.5 Å². The Hall–Kier alpha value is -0.570. The molecule has 1 rings (SSSR count). The van der Waals surface area contributed by atoms with Gasteiger partial charge in [-0.2, -0.15) is 0 Å². The smallest absolute Gasteiger partial charge is 0.335 e. The molecule has 0 aromatic carbocycles. The number of hydrogen-bond acceptors (Lipinski definition) is 3. The lowest BCUT2D eigenvalue weighted by Crippen LogP contribution is -2.11. The van der Waals surface area contributed by atoms with E-state index in [4.69, 9.17) is 5.11 Å². The van der Waals surface area contributed by atoms with Crippen LogP contribution < -0.4 is 0 Å². The molecule has 0 saturated carbocycles. The highest BCUT2D eigenvalue weighted by molar-refractivity contribution is 5.76. The zero-order valence-corrected chi connectivity index (χ0v) is 4.63. The fourth-order valence-corrected chi connectivity index (χ4v) is 0.736. The fraction of sp³-hybridized carbons (Fsp3) is 0.800. The molecule has 0 bridgehead atoms. The van der Waals surface area contributed by atoms with Crippen molar-refractivity contribution in [2.24, 2.45) is 0 Å². The average Bonchev–Trinajstić information content (AvgIpc) is 1.85. The van der Waals surface area contributed by atoms with Crippen LogP contribution in [0.25, 0.3) is 0 Å². The van der Waals surface area contributed by atoms with Crippen LogP contribution in [0.3, 0.4) is 0 Å². The summed E-state index contributed by atoms with van der Waals surface area (Å²) in [4.78, 5) is 10.3. The van der Waals surface area contributed by atoms with E-state index in [-0.39, 0.29) is 6.10 Å². The highest BCUT2D eigenvalue weighted by atomic mass is 16.6. The normalized spacial score (nSPS) is 37.5. The lowest BCUT2D eigenvalue weighted by Gasteiger charge is -1.94. The average molecular weight is 116 g/mol. The molecule has 1 saturated heterocycles.